The summed E-state index contributed by atoms with van der Waals surface area (Å²) >= 11 is 0. The monoisotopic (exact) mass is 227 g/mol. The highest BCUT2D eigenvalue weighted by Gasteiger charge is 2.46. The standard InChI is InChI=1S/C13H25NO2/c1-5-16-11(15)10-13(14-4)9-7-6-8-12(13,2)3/h14H,5-10H2,1-4H3. The Kier molecular flexibility index (Phi) is 4.36. The third-order valence-electron chi connectivity index (χ3n) is 4.18. The topological polar surface area (TPSA) is 38.3 Å². The third kappa shape index (κ3) is 2.57. The van der Waals surface area contributed by atoms with E-state index in [2.05, 4.69) is 19.2 Å². The van der Waals surface area contributed by atoms with E-state index in [-0.39, 0.29) is 16.9 Å². The van der Waals surface area contributed by atoms with Gasteiger partial charge in [-0.3, -0.25) is 4.79 Å². The molecule has 1 N–H and O–H groups in total. The molecule has 0 radical (unpaired) electrons. The minimum atomic E-state index is -0.0858. The lowest BCUT2D eigenvalue weighted by molar-refractivity contribution is -0.147. The molecule has 1 fully saturated rings. The quantitative estimate of drug-likeness (QED) is 0.750. The Morgan fingerprint density at radius 1 is 1.31 bits per heavy atom. The molecule has 0 aliphatic heterocycles. The average Bonchev–Trinajstić information content (AvgIpc) is 2.21. The molecule has 1 saturated carbocycles. The number of ether oxygens (including phenoxy) is 1. The molecule has 0 bridgehead atoms. The Labute approximate surface area is 98.9 Å². The molecule has 3 nitrogen and oxygen atoms in total. The first-order chi connectivity index (χ1) is 7.47. The first-order valence-corrected chi connectivity index (χ1v) is 6.32. The van der Waals surface area contributed by atoms with E-state index in [1.54, 1.807) is 0 Å². The Morgan fingerprint density at radius 3 is 2.44 bits per heavy atom. The molecule has 1 aliphatic carbocycles. The van der Waals surface area contributed by atoms with Crippen molar-refractivity contribution in [3.63, 3.8) is 0 Å². The maximum Gasteiger partial charge on any atom is 0.307 e. The van der Waals surface area contributed by atoms with Crippen LogP contribution in [0.3, 0.4) is 0 Å². The molecule has 0 aromatic carbocycles. The van der Waals surface area contributed by atoms with E-state index < -0.39 is 0 Å². The lowest BCUT2D eigenvalue weighted by atomic mass is 9.62. The second kappa shape index (κ2) is 5.17. The van der Waals surface area contributed by atoms with Crippen LogP contribution in [0.2, 0.25) is 0 Å². The fourth-order valence-corrected chi connectivity index (χ4v) is 2.91. The zero-order valence-corrected chi connectivity index (χ0v) is 11.1. The van der Waals surface area contributed by atoms with Gasteiger partial charge in [0.2, 0.25) is 0 Å². The molecule has 16 heavy (non-hydrogen) atoms. The number of hydrogen-bond acceptors (Lipinski definition) is 3. The highest BCUT2D eigenvalue weighted by atomic mass is 16.5. The second-order valence-electron chi connectivity index (χ2n) is 5.40. The van der Waals surface area contributed by atoms with Gasteiger partial charge >= 0.3 is 5.97 Å². The van der Waals surface area contributed by atoms with Crippen LogP contribution in [0.15, 0.2) is 0 Å². The van der Waals surface area contributed by atoms with E-state index in [9.17, 15) is 4.79 Å². The van der Waals surface area contributed by atoms with Crippen molar-refractivity contribution in [1.82, 2.24) is 5.32 Å². The van der Waals surface area contributed by atoms with Crippen molar-refractivity contribution < 1.29 is 9.53 Å². The van der Waals surface area contributed by atoms with Crippen molar-refractivity contribution in [3.8, 4) is 0 Å². The summed E-state index contributed by atoms with van der Waals surface area (Å²) in [5, 5.41) is 3.40. The maximum absolute atomic E-state index is 11.7. The Balaban J connectivity index is 2.78. The van der Waals surface area contributed by atoms with Gasteiger partial charge in [-0.25, -0.2) is 0 Å². The summed E-state index contributed by atoms with van der Waals surface area (Å²) in [5.41, 5.74) is 0.0737. The van der Waals surface area contributed by atoms with Crippen LogP contribution in [-0.4, -0.2) is 25.2 Å². The predicted molar refractivity (Wildman–Crippen MR) is 65.3 cm³/mol. The molecule has 1 aliphatic rings. The molecular weight excluding hydrogens is 202 g/mol. The summed E-state index contributed by atoms with van der Waals surface area (Å²) in [6.07, 6.45) is 5.19. The molecule has 3 heteroatoms. The first-order valence-electron chi connectivity index (χ1n) is 6.32. The number of carbonyl (C=O) groups excluding carboxylic acids is 1. The molecule has 0 aromatic heterocycles. The molecule has 1 rings (SSSR count). The summed E-state index contributed by atoms with van der Waals surface area (Å²) < 4.78 is 5.09. The fourth-order valence-electron chi connectivity index (χ4n) is 2.91. The van der Waals surface area contributed by atoms with Gasteiger partial charge in [-0.2, -0.15) is 0 Å². The lowest BCUT2D eigenvalue weighted by Gasteiger charge is -2.50. The molecular formula is C13H25NO2. The molecule has 0 spiro atoms. The number of carbonyl (C=O) groups is 1. The highest BCUT2D eigenvalue weighted by Crippen LogP contribution is 2.45. The van der Waals surface area contributed by atoms with E-state index in [0.29, 0.717) is 13.0 Å². The molecule has 1 atom stereocenters. The van der Waals surface area contributed by atoms with Crippen molar-refractivity contribution in [2.45, 2.75) is 58.4 Å². The minimum absolute atomic E-state index is 0.0770. The van der Waals surface area contributed by atoms with Gasteiger partial charge < -0.3 is 10.1 Å². The average molecular weight is 227 g/mol. The normalized spacial score (nSPS) is 28.8. The summed E-state index contributed by atoms with van der Waals surface area (Å²) in [6.45, 7) is 6.83. The predicted octanol–water partition coefficient (Wildman–Crippen LogP) is 2.50. The summed E-state index contributed by atoms with van der Waals surface area (Å²) in [4.78, 5) is 11.7. The van der Waals surface area contributed by atoms with Crippen molar-refractivity contribution in [1.29, 1.82) is 0 Å². The number of nitrogens with one attached hydrogen (secondary N) is 1. The van der Waals surface area contributed by atoms with E-state index in [1.165, 1.54) is 19.3 Å². The van der Waals surface area contributed by atoms with Crippen LogP contribution in [-0.2, 0) is 9.53 Å². The third-order valence-corrected chi connectivity index (χ3v) is 4.18. The zero-order valence-electron chi connectivity index (χ0n) is 11.1. The second-order valence-corrected chi connectivity index (χ2v) is 5.40. The number of rotatable bonds is 4. The molecule has 0 amide bonds. The SMILES string of the molecule is CCOC(=O)CC1(NC)CCCCC1(C)C. The summed E-state index contributed by atoms with van der Waals surface area (Å²) in [7, 11) is 1.96. The minimum Gasteiger partial charge on any atom is -0.466 e. The number of esters is 1. The van der Waals surface area contributed by atoms with Crippen LogP contribution < -0.4 is 5.32 Å². The van der Waals surface area contributed by atoms with Crippen molar-refractivity contribution in [3.05, 3.63) is 0 Å². The van der Waals surface area contributed by atoms with Gasteiger partial charge in [0.1, 0.15) is 0 Å². The van der Waals surface area contributed by atoms with Crippen LogP contribution >= 0.6 is 0 Å². The zero-order chi connectivity index (χ0) is 12.2. The lowest BCUT2D eigenvalue weighted by Crippen LogP contribution is -2.57. The van der Waals surface area contributed by atoms with E-state index in [1.807, 2.05) is 14.0 Å². The van der Waals surface area contributed by atoms with Crippen molar-refractivity contribution in [2.24, 2.45) is 5.41 Å². The summed E-state index contributed by atoms with van der Waals surface area (Å²) in [6, 6.07) is 0. The van der Waals surface area contributed by atoms with Crippen molar-refractivity contribution in [2.75, 3.05) is 13.7 Å². The first kappa shape index (κ1) is 13.5. The van der Waals surface area contributed by atoms with Gasteiger partial charge in [0.15, 0.2) is 0 Å². The van der Waals surface area contributed by atoms with Crippen LogP contribution in [0.25, 0.3) is 0 Å². The van der Waals surface area contributed by atoms with Crippen molar-refractivity contribution >= 4 is 5.97 Å². The highest BCUT2D eigenvalue weighted by molar-refractivity contribution is 5.71. The van der Waals surface area contributed by atoms with E-state index >= 15 is 0 Å². The van der Waals surface area contributed by atoms with Crippen LogP contribution in [0.4, 0.5) is 0 Å². The fraction of sp³-hybridized carbons (Fsp3) is 0.923. The van der Waals surface area contributed by atoms with E-state index in [4.69, 9.17) is 4.74 Å². The Hall–Kier alpha value is -0.570. The van der Waals surface area contributed by atoms with E-state index in [0.717, 1.165) is 6.42 Å². The van der Waals surface area contributed by atoms with Gasteiger partial charge in [0, 0.05) is 5.54 Å². The molecule has 0 heterocycles. The maximum atomic E-state index is 11.7. The van der Waals surface area contributed by atoms with Gasteiger partial charge in [0.05, 0.1) is 13.0 Å². The smallest absolute Gasteiger partial charge is 0.307 e. The Morgan fingerprint density at radius 2 is 1.94 bits per heavy atom. The summed E-state index contributed by atoms with van der Waals surface area (Å²) in [5.74, 6) is -0.0770. The molecule has 0 saturated heterocycles. The largest absolute Gasteiger partial charge is 0.466 e. The van der Waals surface area contributed by atoms with Gasteiger partial charge in [-0.15, -0.1) is 0 Å². The molecule has 94 valence electrons. The molecule has 0 aromatic rings. The molecule has 1 unspecified atom stereocenters. The Bertz CT molecular complexity index is 250. The number of hydrogen-bond donors (Lipinski definition) is 1. The van der Waals surface area contributed by atoms with Gasteiger partial charge in [-0.1, -0.05) is 26.7 Å². The van der Waals surface area contributed by atoms with Crippen LogP contribution in [0.5, 0.6) is 0 Å². The van der Waals surface area contributed by atoms with Gasteiger partial charge in [-0.05, 0) is 32.2 Å². The van der Waals surface area contributed by atoms with Gasteiger partial charge in [0.25, 0.3) is 0 Å². The van der Waals surface area contributed by atoms with Crippen LogP contribution in [0, 0.1) is 5.41 Å². The van der Waals surface area contributed by atoms with Crippen LogP contribution in [0.1, 0.15) is 52.9 Å².